The fourth-order valence-corrected chi connectivity index (χ4v) is 1.49. The number of hydrogen-bond acceptors (Lipinski definition) is 6. The Morgan fingerprint density at radius 1 is 0.947 bits per heavy atom. The van der Waals surface area contributed by atoms with Crippen LogP contribution < -0.4 is 0 Å². The molecule has 0 N–H and O–H groups in total. The monoisotopic (exact) mass is 278 g/mol. The van der Waals surface area contributed by atoms with Gasteiger partial charge in [-0.15, -0.1) is 0 Å². The zero-order chi connectivity index (χ0) is 14.8. The van der Waals surface area contributed by atoms with Crippen LogP contribution in [-0.2, 0) is 28.9 Å². The molecule has 112 valence electrons. The molecule has 0 saturated heterocycles. The summed E-state index contributed by atoms with van der Waals surface area (Å²) in [7, 11) is 5.35. The van der Waals surface area contributed by atoms with Crippen LogP contribution in [0.2, 0.25) is 0 Å². The zero-order valence-electron chi connectivity index (χ0n) is 12.0. The maximum atomic E-state index is 11.8. The third-order valence-corrected chi connectivity index (χ3v) is 2.50. The lowest BCUT2D eigenvalue weighted by Crippen LogP contribution is -2.33. The Balaban J connectivity index is 4.06. The summed E-state index contributed by atoms with van der Waals surface area (Å²) in [6, 6.07) is 0. The maximum absolute atomic E-state index is 11.8. The number of hydroxylamine groups is 4. The van der Waals surface area contributed by atoms with Crippen LogP contribution in [-0.4, -0.2) is 50.7 Å². The first kappa shape index (κ1) is 17.8. The fourth-order valence-electron chi connectivity index (χ4n) is 1.49. The molecule has 0 bridgehead atoms. The Morgan fingerprint density at radius 2 is 1.42 bits per heavy atom. The molecular formula is C11H22N2O6. The quantitative estimate of drug-likeness (QED) is 0.578. The molecule has 1 atom stereocenters. The smallest absolute Gasteiger partial charge is 0.270 e. The van der Waals surface area contributed by atoms with Gasteiger partial charge in [-0.25, -0.2) is 19.4 Å². The minimum atomic E-state index is -0.314. The summed E-state index contributed by atoms with van der Waals surface area (Å²) in [5, 5.41) is 1.60. The van der Waals surface area contributed by atoms with Crippen molar-refractivity contribution in [1.82, 2.24) is 10.5 Å². The third-order valence-electron chi connectivity index (χ3n) is 2.50. The third kappa shape index (κ3) is 5.97. The van der Waals surface area contributed by atoms with Crippen molar-refractivity contribution in [3.05, 3.63) is 0 Å². The topological polar surface area (TPSA) is 77.5 Å². The van der Waals surface area contributed by atoms with E-state index in [-0.39, 0.29) is 24.2 Å². The molecule has 19 heavy (non-hydrogen) atoms. The van der Waals surface area contributed by atoms with E-state index in [1.807, 2.05) is 0 Å². The summed E-state index contributed by atoms with van der Waals surface area (Å²) in [5.41, 5.74) is 0. The van der Waals surface area contributed by atoms with E-state index in [1.54, 1.807) is 6.92 Å². The van der Waals surface area contributed by atoms with Gasteiger partial charge < -0.3 is 0 Å². The summed E-state index contributed by atoms with van der Waals surface area (Å²) >= 11 is 0. The van der Waals surface area contributed by atoms with E-state index >= 15 is 0 Å². The molecule has 0 saturated carbocycles. The average Bonchev–Trinajstić information content (AvgIpc) is 2.41. The molecule has 1 unspecified atom stereocenters. The van der Waals surface area contributed by atoms with Gasteiger partial charge in [-0.2, -0.15) is 0 Å². The van der Waals surface area contributed by atoms with Crippen molar-refractivity contribution in [2.24, 2.45) is 5.92 Å². The van der Waals surface area contributed by atoms with E-state index in [0.717, 1.165) is 10.5 Å². The molecule has 0 fully saturated rings. The Hall–Kier alpha value is -1.22. The molecule has 0 aromatic carbocycles. The number of carbonyl (C=O) groups excluding carboxylic acids is 2. The minimum Gasteiger partial charge on any atom is -0.270 e. The molecular weight excluding hydrogens is 256 g/mol. The highest BCUT2D eigenvalue weighted by Gasteiger charge is 2.21. The maximum Gasteiger partial charge on any atom is 0.276 e. The first-order valence-electron chi connectivity index (χ1n) is 5.85. The highest BCUT2D eigenvalue weighted by molar-refractivity contribution is 5.77. The SMILES string of the molecule is CON(OC)C(=O)CCCC(C)C(=O)N(OC)OC. The molecule has 2 amide bonds. The molecule has 8 heteroatoms. The number of hydrogen-bond donors (Lipinski definition) is 0. The molecule has 0 aromatic heterocycles. The van der Waals surface area contributed by atoms with Crippen molar-refractivity contribution in [1.29, 1.82) is 0 Å². The minimum absolute atomic E-state index is 0.221. The van der Waals surface area contributed by atoms with Gasteiger partial charge in [0.05, 0.1) is 28.4 Å². The van der Waals surface area contributed by atoms with E-state index < -0.39 is 0 Å². The lowest BCUT2D eigenvalue weighted by atomic mass is 10.0. The van der Waals surface area contributed by atoms with Crippen molar-refractivity contribution in [2.45, 2.75) is 26.2 Å². The lowest BCUT2D eigenvalue weighted by molar-refractivity contribution is -0.320. The Bertz CT molecular complexity index is 278. The Kier molecular flexibility index (Phi) is 9.06. The van der Waals surface area contributed by atoms with Gasteiger partial charge >= 0.3 is 0 Å². The molecule has 0 rings (SSSR count). The number of carbonyl (C=O) groups is 2. The van der Waals surface area contributed by atoms with Crippen molar-refractivity contribution in [3.63, 3.8) is 0 Å². The van der Waals surface area contributed by atoms with Gasteiger partial charge in [0.2, 0.25) is 0 Å². The van der Waals surface area contributed by atoms with Crippen LogP contribution in [0.25, 0.3) is 0 Å². The fraction of sp³-hybridized carbons (Fsp3) is 0.818. The van der Waals surface area contributed by atoms with Gasteiger partial charge in [-0.1, -0.05) is 17.4 Å². The molecule has 0 aliphatic rings. The van der Waals surface area contributed by atoms with E-state index in [2.05, 4.69) is 9.68 Å². The second-order valence-corrected chi connectivity index (χ2v) is 3.77. The van der Waals surface area contributed by atoms with Crippen LogP contribution in [0, 0.1) is 5.92 Å². The van der Waals surface area contributed by atoms with E-state index in [9.17, 15) is 9.59 Å². The second-order valence-electron chi connectivity index (χ2n) is 3.77. The van der Waals surface area contributed by atoms with Gasteiger partial charge in [0.25, 0.3) is 11.8 Å². The van der Waals surface area contributed by atoms with Crippen molar-refractivity contribution < 1.29 is 28.9 Å². The van der Waals surface area contributed by atoms with Gasteiger partial charge in [0, 0.05) is 12.3 Å². The molecule has 0 heterocycles. The average molecular weight is 278 g/mol. The summed E-state index contributed by atoms with van der Waals surface area (Å²) in [4.78, 5) is 42.1. The van der Waals surface area contributed by atoms with Gasteiger partial charge in [-0.3, -0.25) is 9.59 Å². The predicted molar refractivity (Wildman–Crippen MR) is 64.7 cm³/mol. The van der Waals surface area contributed by atoms with Crippen LogP contribution in [0.15, 0.2) is 0 Å². The lowest BCUT2D eigenvalue weighted by Gasteiger charge is -2.20. The number of amides is 2. The van der Waals surface area contributed by atoms with Crippen LogP contribution in [0.3, 0.4) is 0 Å². The van der Waals surface area contributed by atoms with E-state index in [1.165, 1.54) is 28.4 Å². The van der Waals surface area contributed by atoms with Crippen molar-refractivity contribution in [3.8, 4) is 0 Å². The Labute approximate surface area is 113 Å². The van der Waals surface area contributed by atoms with E-state index in [0.29, 0.717) is 12.8 Å². The molecule has 8 nitrogen and oxygen atoms in total. The standard InChI is InChI=1S/C11H22N2O6/c1-9(11(15)13(18-4)19-5)7-6-8-10(14)12(16-2)17-3/h9H,6-8H2,1-5H3. The summed E-state index contributed by atoms with van der Waals surface area (Å²) in [6.45, 7) is 1.74. The molecule has 0 radical (unpaired) electrons. The highest BCUT2D eigenvalue weighted by Crippen LogP contribution is 2.12. The molecule has 0 aliphatic heterocycles. The predicted octanol–water partition coefficient (Wildman–Crippen LogP) is 0.696. The molecule has 0 aromatic rings. The van der Waals surface area contributed by atoms with Gasteiger partial charge in [0.1, 0.15) is 0 Å². The molecule has 0 aliphatic carbocycles. The number of nitrogens with zero attached hydrogens (tertiary/aromatic N) is 2. The second kappa shape index (κ2) is 9.68. The van der Waals surface area contributed by atoms with Crippen LogP contribution >= 0.6 is 0 Å². The Morgan fingerprint density at radius 3 is 1.84 bits per heavy atom. The summed E-state index contributed by atoms with van der Waals surface area (Å²) < 4.78 is 0. The van der Waals surface area contributed by atoms with Crippen molar-refractivity contribution >= 4 is 11.8 Å². The zero-order valence-corrected chi connectivity index (χ0v) is 12.0. The largest absolute Gasteiger partial charge is 0.276 e. The van der Waals surface area contributed by atoms with Crippen molar-refractivity contribution in [2.75, 3.05) is 28.4 Å². The molecule has 0 spiro atoms. The highest BCUT2D eigenvalue weighted by atomic mass is 16.9. The summed E-state index contributed by atoms with van der Waals surface area (Å²) in [6.07, 6.45) is 1.27. The van der Waals surface area contributed by atoms with Crippen LogP contribution in [0.4, 0.5) is 0 Å². The normalized spacial score (nSPS) is 12.1. The van der Waals surface area contributed by atoms with Gasteiger partial charge in [0.15, 0.2) is 0 Å². The van der Waals surface area contributed by atoms with E-state index in [4.69, 9.17) is 9.68 Å². The van der Waals surface area contributed by atoms with Crippen LogP contribution in [0.1, 0.15) is 26.2 Å². The first-order valence-corrected chi connectivity index (χ1v) is 5.85. The number of rotatable bonds is 9. The first-order chi connectivity index (χ1) is 9.01. The van der Waals surface area contributed by atoms with Crippen LogP contribution in [0.5, 0.6) is 0 Å². The summed E-state index contributed by atoms with van der Waals surface area (Å²) in [5.74, 6) is -0.918. The van der Waals surface area contributed by atoms with Gasteiger partial charge in [-0.05, 0) is 12.8 Å².